The van der Waals surface area contributed by atoms with Crippen LogP contribution in [-0.2, 0) is 0 Å². The van der Waals surface area contributed by atoms with Crippen molar-refractivity contribution in [3.05, 3.63) is 23.8 Å². The Hall–Kier alpha value is -1.75. The molecule has 0 aliphatic heterocycles. The molecular formula is C15H23N3O2. The molecule has 3 N–H and O–H groups in total. The predicted molar refractivity (Wildman–Crippen MR) is 81.4 cm³/mol. The van der Waals surface area contributed by atoms with Gasteiger partial charge in [-0.15, -0.1) is 0 Å². The second-order valence-electron chi connectivity index (χ2n) is 5.88. The van der Waals surface area contributed by atoms with E-state index in [1.54, 1.807) is 18.2 Å². The van der Waals surface area contributed by atoms with Crippen LogP contribution >= 0.6 is 0 Å². The molecule has 2 rings (SSSR count). The van der Waals surface area contributed by atoms with Gasteiger partial charge in [0.1, 0.15) is 0 Å². The number of nitrogens with zero attached hydrogens (tertiary/aromatic N) is 2. The smallest absolute Gasteiger partial charge is 0.337 e. The zero-order valence-electron chi connectivity index (χ0n) is 12.4. The van der Waals surface area contributed by atoms with E-state index < -0.39 is 5.97 Å². The van der Waals surface area contributed by atoms with Gasteiger partial charge < -0.3 is 20.6 Å². The molecule has 5 heteroatoms. The highest BCUT2D eigenvalue weighted by molar-refractivity contribution is 5.97. The van der Waals surface area contributed by atoms with E-state index in [0.717, 1.165) is 19.4 Å². The Morgan fingerprint density at radius 2 is 2.00 bits per heavy atom. The van der Waals surface area contributed by atoms with Gasteiger partial charge in [0, 0.05) is 19.1 Å². The van der Waals surface area contributed by atoms with Crippen LogP contribution in [0.5, 0.6) is 0 Å². The normalized spacial score (nSPS) is 16.8. The first-order chi connectivity index (χ1) is 9.37. The number of rotatable bonds is 5. The molecule has 20 heavy (non-hydrogen) atoms. The number of anilines is 2. The van der Waals surface area contributed by atoms with Gasteiger partial charge in [-0.1, -0.05) is 6.07 Å². The minimum atomic E-state index is -0.938. The summed E-state index contributed by atoms with van der Waals surface area (Å²) in [5.41, 5.74) is 7.53. The van der Waals surface area contributed by atoms with Crippen LogP contribution < -0.4 is 10.6 Å². The van der Waals surface area contributed by atoms with Crippen molar-refractivity contribution < 1.29 is 9.90 Å². The van der Waals surface area contributed by atoms with Crippen LogP contribution in [0.25, 0.3) is 0 Å². The van der Waals surface area contributed by atoms with Gasteiger partial charge in [-0.2, -0.15) is 0 Å². The molecule has 0 atom stereocenters. The third-order valence-corrected chi connectivity index (χ3v) is 4.44. The van der Waals surface area contributed by atoms with E-state index >= 15 is 0 Å². The second-order valence-corrected chi connectivity index (χ2v) is 5.88. The number of carboxylic acid groups (broad SMARTS) is 1. The summed E-state index contributed by atoms with van der Waals surface area (Å²) in [5, 5.41) is 9.33. The topological polar surface area (TPSA) is 69.8 Å². The highest BCUT2D eigenvalue weighted by Gasteiger charge is 2.40. The van der Waals surface area contributed by atoms with E-state index in [-0.39, 0.29) is 11.1 Å². The first-order valence-corrected chi connectivity index (χ1v) is 6.88. The van der Waals surface area contributed by atoms with Crippen molar-refractivity contribution in [3.8, 4) is 0 Å². The Morgan fingerprint density at radius 1 is 1.35 bits per heavy atom. The van der Waals surface area contributed by atoms with E-state index in [4.69, 9.17) is 5.73 Å². The Labute approximate surface area is 120 Å². The SMILES string of the molecule is CN(CC1(N(C)C)CCC1)c1c(N)cccc1C(=O)O. The monoisotopic (exact) mass is 277 g/mol. The molecule has 0 heterocycles. The van der Waals surface area contributed by atoms with Gasteiger partial charge in [0.15, 0.2) is 0 Å². The summed E-state index contributed by atoms with van der Waals surface area (Å²) < 4.78 is 0. The van der Waals surface area contributed by atoms with Crippen LogP contribution in [0.3, 0.4) is 0 Å². The summed E-state index contributed by atoms with van der Waals surface area (Å²) in [6.45, 7) is 0.786. The number of para-hydroxylation sites is 1. The van der Waals surface area contributed by atoms with Gasteiger partial charge >= 0.3 is 5.97 Å². The van der Waals surface area contributed by atoms with Crippen LogP contribution in [-0.4, -0.2) is 49.2 Å². The van der Waals surface area contributed by atoms with Crippen molar-refractivity contribution in [3.63, 3.8) is 0 Å². The number of carbonyl (C=O) groups is 1. The van der Waals surface area contributed by atoms with Gasteiger partial charge in [-0.05, 0) is 45.5 Å². The molecular weight excluding hydrogens is 254 g/mol. The van der Waals surface area contributed by atoms with E-state index in [1.807, 2.05) is 11.9 Å². The minimum absolute atomic E-state index is 0.132. The van der Waals surface area contributed by atoms with E-state index in [1.165, 1.54) is 6.42 Å². The lowest BCUT2D eigenvalue weighted by molar-refractivity contribution is 0.0671. The second kappa shape index (κ2) is 5.32. The minimum Gasteiger partial charge on any atom is -0.478 e. The largest absolute Gasteiger partial charge is 0.478 e. The van der Waals surface area contributed by atoms with Gasteiger partial charge in [0.25, 0.3) is 0 Å². The first-order valence-electron chi connectivity index (χ1n) is 6.88. The lowest BCUT2D eigenvalue weighted by Crippen LogP contribution is -2.57. The third-order valence-electron chi connectivity index (χ3n) is 4.44. The highest BCUT2D eigenvalue weighted by atomic mass is 16.4. The molecule has 0 amide bonds. The molecule has 0 saturated heterocycles. The molecule has 5 nitrogen and oxygen atoms in total. The average molecular weight is 277 g/mol. The Bertz CT molecular complexity index is 510. The fourth-order valence-electron chi connectivity index (χ4n) is 3.01. The summed E-state index contributed by atoms with van der Waals surface area (Å²) in [6, 6.07) is 5.04. The number of hydrogen-bond donors (Lipinski definition) is 2. The van der Waals surface area contributed by atoms with Gasteiger partial charge in [0.2, 0.25) is 0 Å². The Kier molecular flexibility index (Phi) is 3.90. The molecule has 110 valence electrons. The highest BCUT2D eigenvalue weighted by Crippen LogP contribution is 2.38. The molecule has 1 aliphatic rings. The van der Waals surface area contributed by atoms with E-state index in [9.17, 15) is 9.90 Å². The summed E-state index contributed by atoms with van der Waals surface area (Å²) in [6.07, 6.45) is 3.50. The average Bonchev–Trinajstić information content (AvgIpc) is 2.32. The zero-order chi connectivity index (χ0) is 14.9. The quantitative estimate of drug-likeness (QED) is 0.804. The van der Waals surface area contributed by atoms with E-state index in [0.29, 0.717) is 11.4 Å². The van der Waals surface area contributed by atoms with Crippen LogP contribution in [0, 0.1) is 0 Å². The molecule has 1 aromatic carbocycles. The summed E-state index contributed by atoms with van der Waals surface area (Å²) in [4.78, 5) is 15.6. The number of hydrogen-bond acceptors (Lipinski definition) is 4. The van der Waals surface area contributed by atoms with Crippen molar-refractivity contribution >= 4 is 17.3 Å². The molecule has 0 radical (unpaired) electrons. The zero-order valence-corrected chi connectivity index (χ0v) is 12.4. The van der Waals surface area contributed by atoms with Crippen molar-refractivity contribution in [2.75, 3.05) is 38.3 Å². The number of nitrogens with two attached hydrogens (primary N) is 1. The van der Waals surface area contributed by atoms with Crippen LogP contribution in [0.4, 0.5) is 11.4 Å². The number of likely N-dealkylation sites (N-methyl/N-ethyl adjacent to an activating group) is 2. The molecule has 0 aromatic heterocycles. The van der Waals surface area contributed by atoms with E-state index in [2.05, 4.69) is 19.0 Å². The Balaban J connectivity index is 2.30. The number of aromatic carboxylic acids is 1. The Morgan fingerprint density at radius 3 is 2.45 bits per heavy atom. The maximum Gasteiger partial charge on any atom is 0.337 e. The molecule has 0 spiro atoms. The summed E-state index contributed by atoms with van der Waals surface area (Å²) in [7, 11) is 6.08. The molecule has 1 aromatic rings. The van der Waals surface area contributed by atoms with Crippen molar-refractivity contribution in [2.45, 2.75) is 24.8 Å². The molecule has 0 bridgehead atoms. The predicted octanol–water partition coefficient (Wildman–Crippen LogP) is 1.89. The van der Waals surface area contributed by atoms with Crippen molar-refractivity contribution in [2.24, 2.45) is 0 Å². The number of benzene rings is 1. The van der Waals surface area contributed by atoms with Crippen molar-refractivity contribution in [1.29, 1.82) is 0 Å². The molecule has 1 saturated carbocycles. The molecule has 1 aliphatic carbocycles. The fraction of sp³-hybridized carbons (Fsp3) is 0.533. The summed E-state index contributed by atoms with van der Waals surface area (Å²) >= 11 is 0. The van der Waals surface area contributed by atoms with Gasteiger partial charge in [0.05, 0.1) is 16.9 Å². The standard InChI is InChI=1S/C15H23N3O2/c1-17(2)15(8-5-9-15)10-18(3)13-11(14(19)20)6-4-7-12(13)16/h4,6-7H,5,8-10,16H2,1-3H3,(H,19,20). The van der Waals surface area contributed by atoms with Crippen LogP contribution in [0.15, 0.2) is 18.2 Å². The maximum atomic E-state index is 11.4. The molecule has 0 unspecified atom stereocenters. The van der Waals surface area contributed by atoms with Crippen LogP contribution in [0.2, 0.25) is 0 Å². The lowest BCUT2D eigenvalue weighted by atomic mass is 9.75. The first kappa shape index (κ1) is 14.7. The lowest BCUT2D eigenvalue weighted by Gasteiger charge is -2.49. The van der Waals surface area contributed by atoms with Crippen LogP contribution in [0.1, 0.15) is 29.6 Å². The number of nitrogen functional groups attached to an aromatic ring is 1. The van der Waals surface area contributed by atoms with Crippen molar-refractivity contribution in [1.82, 2.24) is 4.90 Å². The fourth-order valence-corrected chi connectivity index (χ4v) is 3.01. The number of carboxylic acids is 1. The summed E-state index contributed by atoms with van der Waals surface area (Å²) in [5.74, 6) is -0.938. The molecule has 1 fully saturated rings. The van der Waals surface area contributed by atoms with Gasteiger partial charge in [-0.3, -0.25) is 0 Å². The maximum absolute atomic E-state index is 11.4. The van der Waals surface area contributed by atoms with Gasteiger partial charge in [-0.25, -0.2) is 4.79 Å². The third kappa shape index (κ3) is 2.45.